The van der Waals surface area contributed by atoms with Crippen LogP contribution in [0.2, 0.25) is 0 Å². The van der Waals surface area contributed by atoms with E-state index < -0.39 is 12.0 Å². The molecule has 6 nitrogen and oxygen atoms in total. The first kappa shape index (κ1) is 18.3. The summed E-state index contributed by atoms with van der Waals surface area (Å²) in [6.07, 6.45) is 1.53. The van der Waals surface area contributed by atoms with Crippen LogP contribution in [0.15, 0.2) is 53.6 Å². The van der Waals surface area contributed by atoms with Gasteiger partial charge in [0.2, 0.25) is 0 Å². The van der Waals surface area contributed by atoms with Gasteiger partial charge in [0.25, 0.3) is 0 Å². The van der Waals surface area contributed by atoms with Crippen LogP contribution in [0.5, 0.6) is 0 Å². The van der Waals surface area contributed by atoms with Crippen LogP contribution in [-0.2, 0) is 4.79 Å². The number of aliphatic carboxylic acids is 1. The van der Waals surface area contributed by atoms with Gasteiger partial charge in [0, 0.05) is 24.5 Å². The molecule has 0 aromatic heterocycles. The molecule has 0 amide bonds. The molecule has 0 saturated heterocycles. The van der Waals surface area contributed by atoms with E-state index in [4.69, 9.17) is 5.84 Å². The summed E-state index contributed by atoms with van der Waals surface area (Å²) in [7, 11) is 0. The fraction of sp³-hybridized carbons (Fsp3) is 0.263. The van der Waals surface area contributed by atoms with Crippen LogP contribution >= 0.6 is 0 Å². The van der Waals surface area contributed by atoms with Gasteiger partial charge < -0.3 is 21.2 Å². The third-order valence-corrected chi connectivity index (χ3v) is 4.02. The van der Waals surface area contributed by atoms with Crippen molar-refractivity contribution in [3.05, 3.63) is 59.7 Å². The molecule has 1 unspecified atom stereocenters. The number of nitrogens with one attached hydrogen (secondary N) is 1. The Morgan fingerprint density at radius 2 is 1.92 bits per heavy atom. The Morgan fingerprint density at radius 3 is 2.48 bits per heavy atom. The molecule has 6 heteroatoms. The van der Waals surface area contributed by atoms with E-state index in [1.165, 1.54) is 6.21 Å². The summed E-state index contributed by atoms with van der Waals surface area (Å²) in [6, 6.07) is 14.1. The summed E-state index contributed by atoms with van der Waals surface area (Å²) in [5.41, 5.74) is 3.30. The van der Waals surface area contributed by atoms with Crippen LogP contribution in [0, 0.1) is 0 Å². The van der Waals surface area contributed by atoms with E-state index in [9.17, 15) is 9.90 Å². The molecule has 0 aliphatic heterocycles. The Morgan fingerprint density at radius 1 is 1.24 bits per heavy atom. The standard InChI is InChI=1S/C19H24N4O2/c1-3-23(4-2)17-7-5-6-15(12-17)18(19(24)25)22-16-10-8-14(9-11-16)13-21-20/h5-13,18,22H,3-4,20H2,1-2H3,(H,24,25). The van der Waals surface area contributed by atoms with Gasteiger partial charge in [0.15, 0.2) is 6.04 Å². The van der Waals surface area contributed by atoms with Crippen LogP contribution < -0.4 is 16.1 Å². The van der Waals surface area contributed by atoms with Crippen LogP contribution in [0.25, 0.3) is 0 Å². The van der Waals surface area contributed by atoms with Crippen molar-refractivity contribution in [1.82, 2.24) is 0 Å². The van der Waals surface area contributed by atoms with Crippen molar-refractivity contribution >= 4 is 23.6 Å². The Kier molecular flexibility index (Phi) is 6.39. The lowest BCUT2D eigenvalue weighted by atomic mass is 10.0. The number of carbonyl (C=O) groups is 1. The quantitative estimate of drug-likeness (QED) is 0.390. The molecule has 2 aromatic rings. The van der Waals surface area contributed by atoms with Crippen LogP contribution in [0.1, 0.15) is 31.0 Å². The highest BCUT2D eigenvalue weighted by atomic mass is 16.4. The normalized spacial score (nSPS) is 12.1. The first-order valence-corrected chi connectivity index (χ1v) is 8.26. The van der Waals surface area contributed by atoms with Crippen molar-refractivity contribution in [3.8, 4) is 0 Å². The number of hydrogen-bond donors (Lipinski definition) is 3. The first-order chi connectivity index (χ1) is 12.1. The van der Waals surface area contributed by atoms with E-state index in [0.29, 0.717) is 5.56 Å². The van der Waals surface area contributed by atoms with E-state index in [-0.39, 0.29) is 0 Å². The Bertz CT molecular complexity index is 724. The van der Waals surface area contributed by atoms with E-state index in [0.717, 1.165) is 30.0 Å². The third kappa shape index (κ3) is 4.73. The summed E-state index contributed by atoms with van der Waals surface area (Å²) in [5, 5.41) is 16.2. The monoisotopic (exact) mass is 340 g/mol. The van der Waals surface area contributed by atoms with E-state index in [1.54, 1.807) is 12.1 Å². The molecule has 0 fully saturated rings. The number of hydrogen-bond acceptors (Lipinski definition) is 5. The third-order valence-electron chi connectivity index (χ3n) is 4.02. The van der Waals surface area contributed by atoms with Gasteiger partial charge in [-0.25, -0.2) is 4.79 Å². The minimum atomic E-state index is -0.927. The Labute approximate surface area is 148 Å². The molecule has 132 valence electrons. The zero-order valence-corrected chi connectivity index (χ0v) is 14.5. The van der Waals surface area contributed by atoms with Gasteiger partial charge in [-0.2, -0.15) is 5.10 Å². The van der Waals surface area contributed by atoms with Gasteiger partial charge in [-0.15, -0.1) is 0 Å². The maximum Gasteiger partial charge on any atom is 0.330 e. The van der Waals surface area contributed by atoms with Crippen molar-refractivity contribution in [3.63, 3.8) is 0 Å². The molecule has 0 aliphatic rings. The molecule has 0 saturated carbocycles. The molecule has 0 aliphatic carbocycles. The second-order valence-electron chi connectivity index (χ2n) is 5.58. The highest BCUT2D eigenvalue weighted by Crippen LogP contribution is 2.24. The second-order valence-corrected chi connectivity index (χ2v) is 5.58. The fourth-order valence-electron chi connectivity index (χ4n) is 2.70. The summed E-state index contributed by atoms with van der Waals surface area (Å²) >= 11 is 0. The fourth-order valence-corrected chi connectivity index (χ4v) is 2.70. The number of nitrogens with zero attached hydrogens (tertiary/aromatic N) is 2. The molecule has 0 spiro atoms. The molecule has 0 heterocycles. The molecule has 0 bridgehead atoms. The van der Waals surface area contributed by atoms with Crippen molar-refractivity contribution in [2.45, 2.75) is 19.9 Å². The lowest BCUT2D eigenvalue weighted by Crippen LogP contribution is -2.24. The summed E-state index contributed by atoms with van der Waals surface area (Å²) in [5.74, 6) is 4.20. The summed E-state index contributed by atoms with van der Waals surface area (Å²) in [6.45, 7) is 5.90. The SMILES string of the molecule is CCN(CC)c1cccc(C(Nc2ccc(C=NN)cc2)C(=O)O)c1. The highest BCUT2D eigenvalue weighted by Gasteiger charge is 2.20. The number of carboxylic acid groups (broad SMARTS) is 1. The molecule has 1 atom stereocenters. The Hall–Kier alpha value is -3.02. The number of nitrogens with two attached hydrogens (primary N) is 1. The lowest BCUT2D eigenvalue weighted by molar-refractivity contribution is -0.138. The van der Waals surface area contributed by atoms with Crippen molar-refractivity contribution in [2.75, 3.05) is 23.3 Å². The van der Waals surface area contributed by atoms with Gasteiger partial charge in [0.1, 0.15) is 0 Å². The minimum Gasteiger partial charge on any atom is -0.479 e. The topological polar surface area (TPSA) is 91.0 Å². The molecule has 0 radical (unpaired) electrons. The van der Waals surface area contributed by atoms with Crippen molar-refractivity contribution < 1.29 is 9.90 Å². The van der Waals surface area contributed by atoms with Gasteiger partial charge in [-0.05, 0) is 49.2 Å². The van der Waals surface area contributed by atoms with Gasteiger partial charge >= 0.3 is 5.97 Å². The Balaban J connectivity index is 2.26. The number of hydrazone groups is 1. The minimum absolute atomic E-state index is 0.712. The first-order valence-electron chi connectivity index (χ1n) is 8.26. The molecular formula is C19H24N4O2. The number of rotatable bonds is 8. The van der Waals surface area contributed by atoms with E-state index in [1.807, 2.05) is 36.4 Å². The molecule has 4 N–H and O–H groups in total. The average Bonchev–Trinajstić information content (AvgIpc) is 2.62. The van der Waals surface area contributed by atoms with Crippen molar-refractivity contribution in [1.29, 1.82) is 0 Å². The van der Waals surface area contributed by atoms with E-state index >= 15 is 0 Å². The predicted molar refractivity (Wildman–Crippen MR) is 102 cm³/mol. The number of benzene rings is 2. The largest absolute Gasteiger partial charge is 0.479 e. The summed E-state index contributed by atoms with van der Waals surface area (Å²) < 4.78 is 0. The highest BCUT2D eigenvalue weighted by molar-refractivity contribution is 5.82. The van der Waals surface area contributed by atoms with Crippen LogP contribution in [0.4, 0.5) is 11.4 Å². The zero-order valence-electron chi connectivity index (χ0n) is 14.5. The zero-order chi connectivity index (χ0) is 18.2. The number of anilines is 2. The molecule has 2 rings (SSSR count). The predicted octanol–water partition coefficient (Wildman–Crippen LogP) is 3.06. The lowest BCUT2D eigenvalue weighted by Gasteiger charge is -2.23. The smallest absolute Gasteiger partial charge is 0.330 e. The van der Waals surface area contributed by atoms with Crippen LogP contribution in [0.3, 0.4) is 0 Å². The van der Waals surface area contributed by atoms with Crippen LogP contribution in [-0.4, -0.2) is 30.4 Å². The summed E-state index contributed by atoms with van der Waals surface area (Å²) in [4.78, 5) is 14.0. The second kappa shape index (κ2) is 8.73. The number of carboxylic acids is 1. The molecule has 2 aromatic carbocycles. The average molecular weight is 340 g/mol. The van der Waals surface area contributed by atoms with Crippen molar-refractivity contribution in [2.24, 2.45) is 10.9 Å². The van der Waals surface area contributed by atoms with Gasteiger partial charge in [-0.1, -0.05) is 24.3 Å². The van der Waals surface area contributed by atoms with Gasteiger partial charge in [0.05, 0.1) is 6.21 Å². The maximum absolute atomic E-state index is 11.8. The van der Waals surface area contributed by atoms with E-state index in [2.05, 4.69) is 29.2 Å². The molecule has 25 heavy (non-hydrogen) atoms. The maximum atomic E-state index is 11.8. The molecular weight excluding hydrogens is 316 g/mol. The van der Waals surface area contributed by atoms with Gasteiger partial charge in [-0.3, -0.25) is 0 Å².